The zero-order valence-electron chi connectivity index (χ0n) is 14.9. The number of nitrogens with zero attached hydrogens (tertiary/aromatic N) is 2. The minimum absolute atomic E-state index is 0.199. The maximum Gasteiger partial charge on any atom is 0.274 e. The maximum atomic E-state index is 12.4. The fourth-order valence-corrected chi connectivity index (χ4v) is 2.31. The normalized spacial score (nSPS) is 10.7. The lowest BCUT2D eigenvalue weighted by atomic mass is 10.1. The smallest absolute Gasteiger partial charge is 0.274 e. The second-order valence-electron chi connectivity index (χ2n) is 6.27. The molecule has 0 atom stereocenters. The van der Waals surface area contributed by atoms with Gasteiger partial charge >= 0.3 is 0 Å². The number of aryl methyl sites for hydroxylation is 2. The summed E-state index contributed by atoms with van der Waals surface area (Å²) in [5.74, 6) is -0.199. The van der Waals surface area contributed by atoms with Gasteiger partial charge in [0, 0.05) is 24.1 Å². The largest absolute Gasteiger partial charge is 0.385 e. The second-order valence-corrected chi connectivity index (χ2v) is 6.27. The van der Waals surface area contributed by atoms with E-state index in [-0.39, 0.29) is 5.91 Å². The molecular weight excluding hydrogens is 300 g/mol. The van der Waals surface area contributed by atoms with Crippen LogP contribution in [-0.2, 0) is 0 Å². The molecule has 0 saturated heterocycles. The van der Waals surface area contributed by atoms with Crippen LogP contribution in [0.15, 0.2) is 36.5 Å². The zero-order valence-corrected chi connectivity index (χ0v) is 14.9. The third kappa shape index (κ3) is 5.35. The van der Waals surface area contributed by atoms with E-state index in [1.54, 1.807) is 12.3 Å². The van der Waals surface area contributed by atoms with Crippen LogP contribution in [0, 0.1) is 13.8 Å². The van der Waals surface area contributed by atoms with Crippen LogP contribution in [0.4, 0.5) is 11.4 Å². The molecule has 5 heteroatoms. The standard InChI is InChI=1S/C19H26N4O/c1-14-6-7-17(12-15(14)2)22-19(24)18-13-16(8-10-21-18)20-9-5-11-23(3)4/h6-8,10,12-13H,5,9,11H2,1-4H3,(H,20,21)(H,22,24). The highest BCUT2D eigenvalue weighted by Gasteiger charge is 2.09. The molecule has 0 unspecified atom stereocenters. The molecule has 0 bridgehead atoms. The Hall–Kier alpha value is -2.40. The van der Waals surface area contributed by atoms with Gasteiger partial charge in [-0.3, -0.25) is 9.78 Å². The summed E-state index contributed by atoms with van der Waals surface area (Å²) in [6.07, 6.45) is 2.70. The predicted octanol–water partition coefficient (Wildman–Crippen LogP) is 3.31. The molecule has 1 aromatic carbocycles. The van der Waals surface area contributed by atoms with Gasteiger partial charge in [-0.15, -0.1) is 0 Å². The first-order chi connectivity index (χ1) is 11.5. The number of amides is 1. The Morgan fingerprint density at radius 2 is 1.88 bits per heavy atom. The van der Waals surface area contributed by atoms with E-state index in [0.717, 1.165) is 36.4 Å². The van der Waals surface area contributed by atoms with Crippen molar-refractivity contribution in [2.45, 2.75) is 20.3 Å². The van der Waals surface area contributed by atoms with Crippen molar-refractivity contribution < 1.29 is 4.79 Å². The van der Waals surface area contributed by atoms with E-state index in [9.17, 15) is 4.79 Å². The summed E-state index contributed by atoms with van der Waals surface area (Å²) >= 11 is 0. The minimum atomic E-state index is -0.199. The number of hydrogen-bond acceptors (Lipinski definition) is 4. The molecule has 0 radical (unpaired) electrons. The first-order valence-electron chi connectivity index (χ1n) is 8.19. The molecule has 2 rings (SSSR count). The lowest BCUT2D eigenvalue weighted by Gasteiger charge is -2.11. The SMILES string of the molecule is Cc1ccc(NC(=O)c2cc(NCCCN(C)C)ccn2)cc1C. The Morgan fingerprint density at radius 3 is 2.58 bits per heavy atom. The van der Waals surface area contributed by atoms with Crippen molar-refractivity contribution in [2.24, 2.45) is 0 Å². The van der Waals surface area contributed by atoms with E-state index in [1.165, 1.54) is 5.56 Å². The van der Waals surface area contributed by atoms with Crippen LogP contribution < -0.4 is 10.6 Å². The lowest BCUT2D eigenvalue weighted by Crippen LogP contribution is -2.17. The summed E-state index contributed by atoms with van der Waals surface area (Å²) in [6.45, 7) is 5.97. The molecule has 1 heterocycles. The molecular formula is C19H26N4O. The van der Waals surface area contributed by atoms with Crippen molar-refractivity contribution in [3.05, 3.63) is 53.3 Å². The number of hydrogen-bond donors (Lipinski definition) is 2. The van der Waals surface area contributed by atoms with Crippen LogP contribution in [0.25, 0.3) is 0 Å². The van der Waals surface area contributed by atoms with E-state index in [0.29, 0.717) is 5.69 Å². The predicted molar refractivity (Wildman–Crippen MR) is 99.8 cm³/mol. The summed E-state index contributed by atoms with van der Waals surface area (Å²) in [5, 5.41) is 6.23. The van der Waals surface area contributed by atoms with Gasteiger partial charge in [0.25, 0.3) is 5.91 Å². The average Bonchev–Trinajstić information content (AvgIpc) is 2.55. The molecule has 2 N–H and O–H groups in total. The Kier molecular flexibility index (Phi) is 6.32. The van der Waals surface area contributed by atoms with Gasteiger partial charge in [0.15, 0.2) is 0 Å². The van der Waals surface area contributed by atoms with E-state index in [4.69, 9.17) is 0 Å². The number of carbonyl (C=O) groups is 1. The lowest BCUT2D eigenvalue weighted by molar-refractivity contribution is 0.102. The molecule has 128 valence electrons. The van der Waals surface area contributed by atoms with E-state index in [1.807, 2.05) is 38.1 Å². The number of aromatic nitrogens is 1. The van der Waals surface area contributed by atoms with E-state index >= 15 is 0 Å². The first-order valence-corrected chi connectivity index (χ1v) is 8.19. The topological polar surface area (TPSA) is 57.3 Å². The maximum absolute atomic E-state index is 12.4. The van der Waals surface area contributed by atoms with Crippen LogP contribution in [-0.4, -0.2) is 43.0 Å². The van der Waals surface area contributed by atoms with Crippen molar-refractivity contribution in [3.63, 3.8) is 0 Å². The van der Waals surface area contributed by atoms with Crippen molar-refractivity contribution >= 4 is 17.3 Å². The molecule has 0 aliphatic heterocycles. The number of anilines is 2. The number of carbonyl (C=O) groups excluding carboxylic acids is 1. The fraction of sp³-hybridized carbons (Fsp3) is 0.368. The highest BCUT2D eigenvalue weighted by atomic mass is 16.1. The Balaban J connectivity index is 1.96. The molecule has 0 aliphatic rings. The Labute approximate surface area is 144 Å². The second kappa shape index (κ2) is 8.45. The highest BCUT2D eigenvalue weighted by molar-refractivity contribution is 6.03. The molecule has 0 saturated carbocycles. The molecule has 0 spiro atoms. The molecule has 1 aromatic heterocycles. The number of benzene rings is 1. The van der Waals surface area contributed by atoms with Gasteiger partial charge in [0.2, 0.25) is 0 Å². The van der Waals surface area contributed by atoms with Gasteiger partial charge in [-0.05, 0) is 76.3 Å². The van der Waals surface area contributed by atoms with E-state index < -0.39 is 0 Å². The van der Waals surface area contributed by atoms with Crippen molar-refractivity contribution in [3.8, 4) is 0 Å². The van der Waals surface area contributed by atoms with Crippen LogP contribution in [0.5, 0.6) is 0 Å². The fourth-order valence-electron chi connectivity index (χ4n) is 2.31. The Morgan fingerprint density at radius 1 is 1.08 bits per heavy atom. The van der Waals surface area contributed by atoms with Gasteiger partial charge in [-0.25, -0.2) is 0 Å². The molecule has 2 aromatic rings. The van der Waals surface area contributed by atoms with Gasteiger partial charge in [-0.2, -0.15) is 0 Å². The average molecular weight is 326 g/mol. The van der Waals surface area contributed by atoms with Gasteiger partial charge in [-0.1, -0.05) is 6.07 Å². The van der Waals surface area contributed by atoms with E-state index in [2.05, 4.69) is 34.6 Å². The molecule has 24 heavy (non-hydrogen) atoms. The molecule has 0 fully saturated rings. The zero-order chi connectivity index (χ0) is 17.5. The van der Waals surface area contributed by atoms with Gasteiger partial charge < -0.3 is 15.5 Å². The van der Waals surface area contributed by atoms with Crippen molar-refractivity contribution in [2.75, 3.05) is 37.8 Å². The summed E-state index contributed by atoms with van der Waals surface area (Å²) in [7, 11) is 4.11. The third-order valence-corrected chi connectivity index (χ3v) is 3.87. The number of nitrogens with one attached hydrogen (secondary N) is 2. The Bertz CT molecular complexity index is 698. The summed E-state index contributed by atoms with van der Waals surface area (Å²) < 4.78 is 0. The molecule has 1 amide bonds. The summed E-state index contributed by atoms with van der Waals surface area (Å²) in [6, 6.07) is 9.54. The van der Waals surface area contributed by atoms with Crippen LogP contribution >= 0.6 is 0 Å². The van der Waals surface area contributed by atoms with Crippen LogP contribution in [0.2, 0.25) is 0 Å². The van der Waals surface area contributed by atoms with Gasteiger partial charge in [0.05, 0.1) is 0 Å². The quantitative estimate of drug-likeness (QED) is 0.767. The number of pyridine rings is 1. The third-order valence-electron chi connectivity index (χ3n) is 3.87. The van der Waals surface area contributed by atoms with Crippen LogP contribution in [0.1, 0.15) is 28.0 Å². The van der Waals surface area contributed by atoms with Crippen LogP contribution in [0.3, 0.4) is 0 Å². The van der Waals surface area contributed by atoms with Gasteiger partial charge in [0.1, 0.15) is 5.69 Å². The molecule has 5 nitrogen and oxygen atoms in total. The summed E-state index contributed by atoms with van der Waals surface area (Å²) in [5.41, 5.74) is 4.46. The molecule has 0 aliphatic carbocycles. The summed E-state index contributed by atoms with van der Waals surface area (Å²) in [4.78, 5) is 18.7. The highest BCUT2D eigenvalue weighted by Crippen LogP contribution is 2.16. The minimum Gasteiger partial charge on any atom is -0.385 e. The first kappa shape index (κ1) is 17.9. The monoisotopic (exact) mass is 326 g/mol. The number of rotatable bonds is 7. The van der Waals surface area contributed by atoms with Crippen molar-refractivity contribution in [1.29, 1.82) is 0 Å². The van der Waals surface area contributed by atoms with Crippen molar-refractivity contribution in [1.82, 2.24) is 9.88 Å².